The Morgan fingerprint density at radius 1 is 1.50 bits per heavy atom. The summed E-state index contributed by atoms with van der Waals surface area (Å²) in [6.07, 6.45) is -0.383. The monoisotopic (exact) mass is 108 g/mol. The first kappa shape index (κ1) is 6.25. The van der Waals surface area contributed by atoms with Crippen molar-refractivity contribution < 1.29 is 5.11 Å². The Hall–Kier alpha value is 0.250. The average molecular weight is 109 g/mol. The normalized spacial score (nSPS) is 20.0. The average Bonchev–Trinajstić information content (AvgIpc) is 1.36. The molecule has 0 amide bonds. The van der Waals surface area contributed by atoms with Gasteiger partial charge in [0, 0.05) is 0 Å². The summed E-state index contributed by atoms with van der Waals surface area (Å²) < 4.78 is 0. The van der Waals surface area contributed by atoms with E-state index in [-0.39, 0.29) is 11.5 Å². The standard InChI is InChI=1S/C4H9ClO/c1-3(5)4(2)6/h3-4,6H,1-2H3. The minimum Gasteiger partial charge on any atom is -0.392 e. The molecule has 0 rings (SSSR count). The van der Waals surface area contributed by atoms with Crippen LogP contribution in [0.2, 0.25) is 0 Å². The molecule has 0 saturated heterocycles. The zero-order valence-corrected chi connectivity index (χ0v) is 4.74. The minimum absolute atomic E-state index is 0.120. The van der Waals surface area contributed by atoms with Crippen molar-refractivity contribution in [2.24, 2.45) is 0 Å². The van der Waals surface area contributed by atoms with Crippen LogP contribution in [0.15, 0.2) is 0 Å². The zero-order valence-electron chi connectivity index (χ0n) is 3.98. The third kappa shape index (κ3) is 2.49. The molecule has 0 spiro atoms. The summed E-state index contributed by atoms with van der Waals surface area (Å²) in [5.74, 6) is 0. The number of aliphatic hydroxyl groups is 1. The van der Waals surface area contributed by atoms with Crippen LogP contribution >= 0.6 is 11.6 Å². The van der Waals surface area contributed by atoms with Crippen LogP contribution in [0.1, 0.15) is 13.8 Å². The van der Waals surface area contributed by atoms with E-state index in [2.05, 4.69) is 0 Å². The Balaban J connectivity index is 2.99. The molecule has 6 heavy (non-hydrogen) atoms. The zero-order chi connectivity index (χ0) is 5.15. The maximum atomic E-state index is 8.50. The van der Waals surface area contributed by atoms with Gasteiger partial charge in [0.2, 0.25) is 0 Å². The van der Waals surface area contributed by atoms with Crippen LogP contribution in [0.5, 0.6) is 0 Å². The molecule has 0 aromatic carbocycles. The van der Waals surface area contributed by atoms with Crippen molar-refractivity contribution in [3.8, 4) is 0 Å². The molecule has 38 valence electrons. The van der Waals surface area contributed by atoms with Gasteiger partial charge in [0.25, 0.3) is 0 Å². The highest BCUT2D eigenvalue weighted by Gasteiger charge is 2.00. The summed E-state index contributed by atoms with van der Waals surface area (Å²) in [5.41, 5.74) is 0. The van der Waals surface area contributed by atoms with Gasteiger partial charge in [-0.05, 0) is 13.8 Å². The van der Waals surface area contributed by atoms with E-state index in [0.29, 0.717) is 0 Å². The lowest BCUT2D eigenvalue weighted by atomic mass is 10.3. The van der Waals surface area contributed by atoms with E-state index in [9.17, 15) is 0 Å². The van der Waals surface area contributed by atoms with E-state index < -0.39 is 0 Å². The molecule has 0 radical (unpaired) electrons. The maximum absolute atomic E-state index is 8.50. The fourth-order valence-electron chi connectivity index (χ4n) is 0. The van der Waals surface area contributed by atoms with Crippen molar-refractivity contribution in [1.29, 1.82) is 0 Å². The number of aliphatic hydroxyl groups excluding tert-OH is 1. The highest BCUT2D eigenvalue weighted by atomic mass is 35.5. The molecular weight excluding hydrogens is 99.5 g/mol. The number of hydrogen-bond donors (Lipinski definition) is 1. The number of alkyl halides is 1. The Labute approximate surface area is 42.9 Å². The quantitative estimate of drug-likeness (QED) is 0.497. The summed E-state index contributed by atoms with van der Waals surface area (Å²) in [6, 6.07) is 0. The van der Waals surface area contributed by atoms with E-state index >= 15 is 0 Å². The van der Waals surface area contributed by atoms with E-state index in [0.717, 1.165) is 0 Å². The number of rotatable bonds is 1. The van der Waals surface area contributed by atoms with Crippen molar-refractivity contribution in [3.63, 3.8) is 0 Å². The van der Waals surface area contributed by atoms with Crippen LogP contribution in [-0.2, 0) is 0 Å². The smallest absolute Gasteiger partial charge is 0.0672 e. The van der Waals surface area contributed by atoms with Gasteiger partial charge >= 0.3 is 0 Å². The summed E-state index contributed by atoms with van der Waals surface area (Å²) in [5, 5.41) is 8.38. The fraction of sp³-hybridized carbons (Fsp3) is 1.00. The highest BCUT2D eigenvalue weighted by Crippen LogP contribution is 1.97. The highest BCUT2D eigenvalue weighted by molar-refractivity contribution is 6.20. The first-order valence-electron chi connectivity index (χ1n) is 1.96. The molecule has 0 fully saturated rings. The third-order valence-electron chi connectivity index (χ3n) is 0.665. The first-order chi connectivity index (χ1) is 2.64. The van der Waals surface area contributed by atoms with Gasteiger partial charge in [-0.25, -0.2) is 0 Å². The molecule has 1 N–H and O–H groups in total. The van der Waals surface area contributed by atoms with Gasteiger partial charge in [0.1, 0.15) is 0 Å². The van der Waals surface area contributed by atoms with Gasteiger partial charge in [-0.2, -0.15) is 0 Å². The van der Waals surface area contributed by atoms with Crippen molar-refractivity contribution in [1.82, 2.24) is 0 Å². The minimum atomic E-state index is -0.383. The van der Waals surface area contributed by atoms with E-state index in [1.807, 2.05) is 0 Å². The van der Waals surface area contributed by atoms with E-state index in [1.54, 1.807) is 13.8 Å². The second kappa shape index (κ2) is 2.43. The summed E-state index contributed by atoms with van der Waals surface area (Å²) in [4.78, 5) is 0. The Kier molecular flexibility index (Phi) is 2.53. The lowest BCUT2D eigenvalue weighted by molar-refractivity contribution is 0.194. The molecule has 0 aliphatic rings. The SMILES string of the molecule is CC(O)C(C)Cl. The molecule has 2 atom stereocenters. The van der Waals surface area contributed by atoms with Crippen molar-refractivity contribution in [2.45, 2.75) is 25.3 Å². The predicted molar refractivity (Wildman–Crippen MR) is 27.0 cm³/mol. The van der Waals surface area contributed by atoms with Crippen LogP contribution in [0.3, 0.4) is 0 Å². The Bertz CT molecular complexity index is 28.5. The largest absolute Gasteiger partial charge is 0.392 e. The molecule has 0 aliphatic carbocycles. The molecule has 0 aromatic heterocycles. The Morgan fingerprint density at radius 3 is 1.67 bits per heavy atom. The van der Waals surface area contributed by atoms with Gasteiger partial charge in [-0.15, -0.1) is 11.6 Å². The second-order valence-corrected chi connectivity index (χ2v) is 2.11. The van der Waals surface area contributed by atoms with E-state index in [4.69, 9.17) is 16.7 Å². The molecule has 0 aliphatic heterocycles. The summed E-state index contributed by atoms with van der Waals surface area (Å²) in [7, 11) is 0. The van der Waals surface area contributed by atoms with Gasteiger partial charge in [-0.1, -0.05) is 0 Å². The van der Waals surface area contributed by atoms with Crippen LogP contribution < -0.4 is 0 Å². The molecule has 2 heteroatoms. The molecule has 0 aromatic rings. The molecule has 2 unspecified atom stereocenters. The summed E-state index contributed by atoms with van der Waals surface area (Å²) >= 11 is 5.36. The maximum Gasteiger partial charge on any atom is 0.0672 e. The lowest BCUT2D eigenvalue weighted by Crippen LogP contribution is -2.11. The first-order valence-corrected chi connectivity index (χ1v) is 2.40. The van der Waals surface area contributed by atoms with E-state index in [1.165, 1.54) is 0 Å². The Morgan fingerprint density at radius 2 is 1.67 bits per heavy atom. The third-order valence-corrected chi connectivity index (χ3v) is 1.03. The van der Waals surface area contributed by atoms with Gasteiger partial charge < -0.3 is 5.11 Å². The molecular formula is C4H9ClO. The topological polar surface area (TPSA) is 20.2 Å². The fourth-order valence-corrected chi connectivity index (χ4v) is 0. The second-order valence-electron chi connectivity index (χ2n) is 1.42. The van der Waals surface area contributed by atoms with Crippen LogP contribution in [-0.4, -0.2) is 16.6 Å². The van der Waals surface area contributed by atoms with Gasteiger partial charge in [0.05, 0.1) is 11.5 Å². The number of hydrogen-bond acceptors (Lipinski definition) is 1. The summed E-state index contributed by atoms with van der Waals surface area (Å²) in [6.45, 7) is 3.42. The van der Waals surface area contributed by atoms with Crippen LogP contribution in [0.25, 0.3) is 0 Å². The van der Waals surface area contributed by atoms with Crippen molar-refractivity contribution in [3.05, 3.63) is 0 Å². The number of halogens is 1. The van der Waals surface area contributed by atoms with Gasteiger partial charge in [0.15, 0.2) is 0 Å². The predicted octanol–water partition coefficient (Wildman–Crippen LogP) is 0.994. The van der Waals surface area contributed by atoms with Crippen molar-refractivity contribution >= 4 is 11.6 Å². The molecule has 0 heterocycles. The molecule has 1 nitrogen and oxygen atoms in total. The van der Waals surface area contributed by atoms with Crippen molar-refractivity contribution in [2.75, 3.05) is 0 Å². The lowest BCUT2D eigenvalue weighted by Gasteiger charge is -2.02. The van der Waals surface area contributed by atoms with Crippen LogP contribution in [0.4, 0.5) is 0 Å². The molecule has 0 bridgehead atoms. The molecule has 0 saturated carbocycles. The van der Waals surface area contributed by atoms with Gasteiger partial charge in [-0.3, -0.25) is 0 Å². The van der Waals surface area contributed by atoms with Crippen LogP contribution in [0, 0.1) is 0 Å².